The van der Waals surface area contributed by atoms with Crippen molar-refractivity contribution in [2.45, 2.75) is 6.92 Å². The summed E-state index contributed by atoms with van der Waals surface area (Å²) < 4.78 is 0. The van der Waals surface area contributed by atoms with Gasteiger partial charge in [-0.05, 0) is 13.0 Å². The topological polar surface area (TPSA) is 41.1 Å². The number of allylic oxidation sites excluding steroid dienone is 1. The van der Waals surface area contributed by atoms with E-state index in [-0.39, 0.29) is 5.78 Å². The molecule has 0 unspecified atom stereocenters. The molecule has 1 aliphatic rings. The van der Waals surface area contributed by atoms with Gasteiger partial charge in [0.25, 0.3) is 0 Å². The molecule has 0 bridgehead atoms. The summed E-state index contributed by atoms with van der Waals surface area (Å²) in [5.74, 6) is 0.858. The molecule has 1 fully saturated rings. The zero-order valence-corrected chi connectivity index (χ0v) is 8.71. The Hall–Kier alpha value is -1.77. The average Bonchev–Trinajstić information content (AvgIpc) is 2.70. The maximum atomic E-state index is 11.8. The molecule has 2 N–H and O–H groups in total. The van der Waals surface area contributed by atoms with Gasteiger partial charge in [0, 0.05) is 24.7 Å². The van der Waals surface area contributed by atoms with Crippen LogP contribution < -0.4 is 10.6 Å². The molecule has 0 radical (unpaired) electrons. The van der Waals surface area contributed by atoms with E-state index in [4.69, 9.17) is 0 Å². The normalized spacial score (nSPS) is 14.3. The Morgan fingerprint density at radius 1 is 1.33 bits per heavy atom. The minimum absolute atomic E-state index is 0.0376. The minimum atomic E-state index is 0.0376. The van der Waals surface area contributed by atoms with E-state index in [1.54, 1.807) is 6.08 Å². The molecule has 1 aromatic rings. The van der Waals surface area contributed by atoms with Gasteiger partial charge in [0.2, 0.25) is 0 Å². The predicted molar refractivity (Wildman–Crippen MR) is 59.6 cm³/mol. The third kappa shape index (κ3) is 2.37. The smallest absolute Gasteiger partial charge is 0.189 e. The van der Waals surface area contributed by atoms with Crippen LogP contribution in [0.4, 0.5) is 0 Å². The van der Waals surface area contributed by atoms with Crippen molar-refractivity contribution in [1.29, 1.82) is 0 Å². The highest BCUT2D eigenvalue weighted by Crippen LogP contribution is 2.06. The van der Waals surface area contributed by atoms with E-state index in [0.29, 0.717) is 0 Å². The number of carbonyl (C=O) groups is 1. The fourth-order valence-corrected chi connectivity index (χ4v) is 1.57. The highest BCUT2D eigenvalue weighted by molar-refractivity contribution is 6.04. The lowest BCUT2D eigenvalue weighted by Gasteiger charge is -2.00. The van der Waals surface area contributed by atoms with Gasteiger partial charge in [0.05, 0.1) is 0 Å². The van der Waals surface area contributed by atoms with E-state index in [2.05, 4.69) is 10.6 Å². The van der Waals surface area contributed by atoms with Crippen molar-refractivity contribution in [3.8, 4) is 0 Å². The molecular weight excluding hydrogens is 188 g/mol. The fraction of sp³-hybridized carbons (Fsp3) is 0.250. The second-order valence-electron chi connectivity index (χ2n) is 3.65. The van der Waals surface area contributed by atoms with Crippen LogP contribution in [0.25, 0.3) is 0 Å². The first kappa shape index (κ1) is 9.77. The van der Waals surface area contributed by atoms with Crippen LogP contribution >= 0.6 is 0 Å². The Kier molecular flexibility index (Phi) is 2.72. The number of benzene rings is 1. The van der Waals surface area contributed by atoms with Crippen LogP contribution in [0.5, 0.6) is 0 Å². The van der Waals surface area contributed by atoms with E-state index >= 15 is 0 Å². The van der Waals surface area contributed by atoms with Gasteiger partial charge in [-0.2, -0.15) is 0 Å². The molecule has 0 aliphatic carbocycles. The lowest BCUT2D eigenvalue weighted by Crippen LogP contribution is -2.12. The van der Waals surface area contributed by atoms with Crippen LogP contribution in [-0.4, -0.2) is 18.9 Å². The second-order valence-corrected chi connectivity index (χ2v) is 3.65. The van der Waals surface area contributed by atoms with Gasteiger partial charge >= 0.3 is 0 Å². The zero-order chi connectivity index (χ0) is 10.7. The van der Waals surface area contributed by atoms with E-state index in [9.17, 15) is 4.79 Å². The predicted octanol–water partition coefficient (Wildman–Crippen LogP) is 1.21. The SMILES string of the molecule is Cc1cccc(C(=O)C=C2NCCN2)c1. The van der Waals surface area contributed by atoms with Crippen molar-refractivity contribution in [2.75, 3.05) is 13.1 Å². The van der Waals surface area contributed by atoms with Crippen molar-refractivity contribution >= 4 is 5.78 Å². The molecule has 0 atom stereocenters. The second kappa shape index (κ2) is 4.17. The quantitative estimate of drug-likeness (QED) is 0.559. The van der Waals surface area contributed by atoms with Crippen molar-refractivity contribution in [2.24, 2.45) is 0 Å². The molecule has 3 nitrogen and oxygen atoms in total. The van der Waals surface area contributed by atoms with Gasteiger partial charge < -0.3 is 10.6 Å². The molecule has 0 amide bonds. The Bertz CT molecular complexity index is 402. The molecule has 1 saturated heterocycles. The number of nitrogens with one attached hydrogen (secondary N) is 2. The lowest BCUT2D eigenvalue weighted by atomic mass is 10.1. The number of hydrogen-bond acceptors (Lipinski definition) is 3. The van der Waals surface area contributed by atoms with Crippen LogP contribution in [-0.2, 0) is 0 Å². The van der Waals surface area contributed by atoms with E-state index in [1.807, 2.05) is 31.2 Å². The largest absolute Gasteiger partial charge is 0.370 e. The molecule has 0 spiro atoms. The van der Waals surface area contributed by atoms with Crippen LogP contribution in [0.3, 0.4) is 0 Å². The molecular formula is C12H14N2O. The maximum Gasteiger partial charge on any atom is 0.189 e. The summed E-state index contributed by atoms with van der Waals surface area (Å²) in [5.41, 5.74) is 1.84. The summed E-state index contributed by atoms with van der Waals surface area (Å²) in [6.45, 7) is 3.75. The first-order valence-electron chi connectivity index (χ1n) is 5.06. The number of rotatable bonds is 2. The summed E-state index contributed by atoms with van der Waals surface area (Å²) in [6.07, 6.45) is 1.61. The summed E-state index contributed by atoms with van der Waals surface area (Å²) in [7, 11) is 0. The molecule has 78 valence electrons. The molecule has 1 aromatic carbocycles. The Morgan fingerprint density at radius 3 is 2.73 bits per heavy atom. The van der Waals surface area contributed by atoms with Gasteiger partial charge in [-0.1, -0.05) is 23.8 Å². The molecule has 0 aromatic heterocycles. The monoisotopic (exact) mass is 202 g/mol. The number of hydrogen-bond donors (Lipinski definition) is 2. The van der Waals surface area contributed by atoms with E-state index < -0.39 is 0 Å². The fourth-order valence-electron chi connectivity index (χ4n) is 1.57. The summed E-state index contributed by atoms with van der Waals surface area (Å²) >= 11 is 0. The van der Waals surface area contributed by atoms with Crippen molar-refractivity contribution < 1.29 is 4.79 Å². The van der Waals surface area contributed by atoms with Gasteiger partial charge in [0.1, 0.15) is 5.82 Å². The van der Waals surface area contributed by atoms with Gasteiger partial charge in [-0.3, -0.25) is 4.79 Å². The van der Waals surface area contributed by atoms with Crippen LogP contribution in [0, 0.1) is 6.92 Å². The summed E-state index contributed by atoms with van der Waals surface area (Å²) in [4.78, 5) is 11.8. The number of carbonyl (C=O) groups excluding carboxylic acids is 1. The molecule has 15 heavy (non-hydrogen) atoms. The first-order valence-corrected chi connectivity index (χ1v) is 5.06. The molecule has 3 heteroatoms. The van der Waals surface area contributed by atoms with E-state index in [0.717, 1.165) is 30.0 Å². The minimum Gasteiger partial charge on any atom is -0.370 e. The van der Waals surface area contributed by atoms with Crippen LogP contribution in [0.2, 0.25) is 0 Å². The van der Waals surface area contributed by atoms with Crippen molar-refractivity contribution in [3.05, 3.63) is 47.3 Å². The average molecular weight is 202 g/mol. The summed E-state index contributed by atoms with van der Waals surface area (Å²) in [6, 6.07) is 7.61. The number of ketones is 1. The Balaban J connectivity index is 2.17. The Morgan fingerprint density at radius 2 is 2.07 bits per heavy atom. The molecule has 0 saturated carbocycles. The van der Waals surface area contributed by atoms with Crippen molar-refractivity contribution in [1.82, 2.24) is 10.6 Å². The lowest BCUT2D eigenvalue weighted by molar-refractivity contribution is 0.104. The van der Waals surface area contributed by atoms with Crippen LogP contribution in [0.15, 0.2) is 36.2 Å². The first-order chi connectivity index (χ1) is 7.25. The third-order valence-electron chi connectivity index (χ3n) is 2.33. The Labute approximate surface area is 89.2 Å². The molecule has 1 aliphatic heterocycles. The van der Waals surface area contributed by atoms with Crippen molar-refractivity contribution in [3.63, 3.8) is 0 Å². The molecule has 1 heterocycles. The zero-order valence-electron chi connectivity index (χ0n) is 8.71. The van der Waals surface area contributed by atoms with Crippen LogP contribution in [0.1, 0.15) is 15.9 Å². The maximum absolute atomic E-state index is 11.8. The highest BCUT2D eigenvalue weighted by Gasteiger charge is 2.08. The van der Waals surface area contributed by atoms with Gasteiger partial charge in [0.15, 0.2) is 5.78 Å². The molecule has 2 rings (SSSR count). The highest BCUT2D eigenvalue weighted by atomic mass is 16.1. The third-order valence-corrected chi connectivity index (χ3v) is 2.33. The van der Waals surface area contributed by atoms with Gasteiger partial charge in [-0.25, -0.2) is 0 Å². The summed E-state index contributed by atoms with van der Waals surface area (Å²) in [5, 5.41) is 6.20. The standard InChI is InChI=1S/C12H14N2O/c1-9-3-2-4-10(7-9)11(15)8-12-13-5-6-14-12/h2-4,7-8,13-14H,5-6H2,1H3. The van der Waals surface area contributed by atoms with E-state index in [1.165, 1.54) is 0 Å². The van der Waals surface area contributed by atoms with Gasteiger partial charge in [-0.15, -0.1) is 0 Å². The number of aryl methyl sites for hydroxylation is 1.